The Kier molecular flexibility index (Phi) is 45.1. The first kappa shape index (κ1) is 63.2. The van der Waals surface area contributed by atoms with E-state index in [0.717, 1.165) is 57.8 Å². The zero-order chi connectivity index (χ0) is 48.7. The van der Waals surface area contributed by atoms with Crippen LogP contribution < -0.4 is 5.32 Å². The Balaban J connectivity index is 2.28. The predicted molar refractivity (Wildman–Crippen MR) is 281 cm³/mol. The quantitative estimate of drug-likeness (QED) is 0.0261. The van der Waals surface area contributed by atoms with Gasteiger partial charge in [0.25, 0.3) is 0 Å². The Morgan fingerprint density at radius 3 is 1.25 bits per heavy atom. The van der Waals surface area contributed by atoms with Crippen molar-refractivity contribution in [2.45, 2.75) is 301 Å². The number of nitrogens with one attached hydrogen (secondary N) is 1. The SMILES string of the molecule is CCCCCCCCC/C=C\CCCCCCCCCC(=O)NC(COC1OC(CO)C(O)C(O)C1O)C(O)/C=C/CC/C=C/CC/C=C/CCCCCCCCCCCCCCCCCC. The molecule has 1 aliphatic rings. The summed E-state index contributed by atoms with van der Waals surface area (Å²) in [6.07, 6.45) is 56.1. The zero-order valence-corrected chi connectivity index (χ0v) is 43.4. The van der Waals surface area contributed by atoms with E-state index in [1.165, 1.54) is 180 Å². The van der Waals surface area contributed by atoms with Crippen LogP contribution >= 0.6 is 0 Å². The van der Waals surface area contributed by atoms with E-state index in [0.29, 0.717) is 6.42 Å². The fraction of sp³-hybridized carbons (Fsp3) is 0.845. The van der Waals surface area contributed by atoms with Crippen LogP contribution in [0.5, 0.6) is 0 Å². The summed E-state index contributed by atoms with van der Waals surface area (Å²) < 4.78 is 11.2. The highest BCUT2D eigenvalue weighted by molar-refractivity contribution is 5.76. The maximum Gasteiger partial charge on any atom is 0.220 e. The number of amides is 1. The first-order chi connectivity index (χ1) is 32.8. The highest BCUT2D eigenvalue weighted by Gasteiger charge is 2.44. The summed E-state index contributed by atoms with van der Waals surface area (Å²) in [7, 11) is 0. The Bertz CT molecular complexity index is 1190. The molecule has 9 nitrogen and oxygen atoms in total. The monoisotopic (exact) mass is 946 g/mol. The summed E-state index contributed by atoms with van der Waals surface area (Å²) in [4.78, 5) is 13.0. The lowest BCUT2D eigenvalue weighted by Gasteiger charge is -2.40. The van der Waals surface area contributed by atoms with Crippen molar-refractivity contribution >= 4 is 5.91 Å². The molecule has 6 N–H and O–H groups in total. The third-order valence-electron chi connectivity index (χ3n) is 13.4. The molecule has 1 rings (SSSR count). The third kappa shape index (κ3) is 37.6. The minimum atomic E-state index is -1.58. The Labute approximate surface area is 412 Å². The van der Waals surface area contributed by atoms with Crippen LogP contribution in [0.25, 0.3) is 0 Å². The molecule has 67 heavy (non-hydrogen) atoms. The van der Waals surface area contributed by atoms with E-state index in [2.05, 4.69) is 55.6 Å². The predicted octanol–water partition coefficient (Wildman–Crippen LogP) is 13.7. The van der Waals surface area contributed by atoms with Gasteiger partial charge < -0.3 is 40.3 Å². The van der Waals surface area contributed by atoms with Crippen LogP contribution in [0, 0.1) is 0 Å². The lowest BCUT2D eigenvalue weighted by Crippen LogP contribution is -2.60. The van der Waals surface area contributed by atoms with Gasteiger partial charge in [0, 0.05) is 6.42 Å². The molecule has 7 unspecified atom stereocenters. The van der Waals surface area contributed by atoms with Crippen LogP contribution in [0.4, 0.5) is 0 Å². The molecule has 1 fully saturated rings. The molecule has 1 saturated heterocycles. The summed E-state index contributed by atoms with van der Waals surface area (Å²) in [6.45, 7) is 3.77. The van der Waals surface area contributed by atoms with Gasteiger partial charge in [-0.1, -0.05) is 229 Å². The van der Waals surface area contributed by atoms with Crippen molar-refractivity contribution in [1.82, 2.24) is 5.32 Å². The molecule has 7 atom stereocenters. The van der Waals surface area contributed by atoms with E-state index in [1.54, 1.807) is 6.08 Å². The highest BCUT2D eigenvalue weighted by atomic mass is 16.7. The molecule has 9 heteroatoms. The molecular formula is C58H107NO8. The molecule has 0 spiro atoms. The molecule has 0 aromatic rings. The van der Waals surface area contributed by atoms with Gasteiger partial charge in [0.1, 0.15) is 24.4 Å². The Morgan fingerprint density at radius 1 is 0.493 bits per heavy atom. The lowest BCUT2D eigenvalue weighted by molar-refractivity contribution is -0.302. The molecule has 1 amide bonds. The minimum Gasteiger partial charge on any atom is -0.394 e. The summed E-state index contributed by atoms with van der Waals surface area (Å²) in [5.74, 6) is -0.194. The van der Waals surface area contributed by atoms with E-state index in [9.17, 15) is 30.3 Å². The normalized spacial score (nSPS) is 20.0. The lowest BCUT2D eigenvalue weighted by atomic mass is 9.99. The molecule has 0 aliphatic carbocycles. The number of rotatable bonds is 48. The van der Waals surface area contributed by atoms with Crippen LogP contribution in [0.15, 0.2) is 48.6 Å². The van der Waals surface area contributed by atoms with Crippen molar-refractivity contribution in [3.63, 3.8) is 0 Å². The number of allylic oxidation sites excluding steroid dienone is 7. The Hall–Kier alpha value is -1.85. The molecule has 0 aromatic carbocycles. The molecular weight excluding hydrogens is 839 g/mol. The van der Waals surface area contributed by atoms with Gasteiger partial charge in [-0.25, -0.2) is 0 Å². The van der Waals surface area contributed by atoms with Crippen molar-refractivity contribution in [1.29, 1.82) is 0 Å². The van der Waals surface area contributed by atoms with Gasteiger partial charge in [-0.15, -0.1) is 0 Å². The van der Waals surface area contributed by atoms with Gasteiger partial charge >= 0.3 is 0 Å². The first-order valence-electron chi connectivity index (χ1n) is 28.4. The number of ether oxygens (including phenoxy) is 2. The van der Waals surface area contributed by atoms with Crippen molar-refractivity contribution < 1.29 is 39.8 Å². The molecule has 0 bridgehead atoms. The second kappa shape index (κ2) is 47.8. The van der Waals surface area contributed by atoms with Crippen molar-refractivity contribution in [2.75, 3.05) is 13.2 Å². The number of aliphatic hydroxyl groups is 5. The van der Waals surface area contributed by atoms with Gasteiger partial charge in [-0.05, 0) is 70.6 Å². The van der Waals surface area contributed by atoms with Crippen molar-refractivity contribution in [2.24, 2.45) is 0 Å². The van der Waals surface area contributed by atoms with Gasteiger partial charge in [-0.2, -0.15) is 0 Å². The zero-order valence-electron chi connectivity index (χ0n) is 43.4. The van der Waals surface area contributed by atoms with Crippen LogP contribution in [0.2, 0.25) is 0 Å². The average molecular weight is 946 g/mol. The number of hydrogen-bond donors (Lipinski definition) is 6. The Morgan fingerprint density at radius 2 is 0.851 bits per heavy atom. The fourth-order valence-electron chi connectivity index (χ4n) is 8.83. The van der Waals surface area contributed by atoms with Crippen LogP contribution in [0.1, 0.15) is 258 Å². The standard InChI is InChI=1S/C58H107NO8/c1-3-5-7-9-11-13-15-17-19-21-23-24-25-26-27-28-29-30-31-33-35-37-39-41-43-45-47-52(61)51(50-66-58-57(65)56(64)55(63)53(49-60)67-58)59-54(62)48-46-44-42-40-38-36-34-32-22-20-18-16-14-12-10-8-6-4-2/h20,22,30-31,37,39,45,47,51-53,55-58,60-61,63-65H,3-19,21,23-29,32-36,38,40-44,46,48-50H2,1-2H3,(H,59,62)/b22-20-,31-30+,39-37+,47-45+. The topological polar surface area (TPSA) is 149 Å². The summed E-state index contributed by atoms with van der Waals surface area (Å²) >= 11 is 0. The van der Waals surface area contributed by atoms with Crippen LogP contribution in [0.3, 0.4) is 0 Å². The minimum absolute atomic E-state index is 0.194. The second-order valence-electron chi connectivity index (χ2n) is 19.7. The maximum absolute atomic E-state index is 13.0. The number of unbranched alkanes of at least 4 members (excludes halogenated alkanes) is 32. The van der Waals surface area contributed by atoms with Gasteiger partial charge in [0.15, 0.2) is 6.29 Å². The van der Waals surface area contributed by atoms with Gasteiger partial charge in [-0.3, -0.25) is 4.79 Å². The maximum atomic E-state index is 13.0. The molecule has 0 radical (unpaired) electrons. The molecule has 1 heterocycles. The fourth-order valence-corrected chi connectivity index (χ4v) is 8.83. The summed E-state index contributed by atoms with van der Waals surface area (Å²) in [6, 6.07) is -0.831. The van der Waals surface area contributed by atoms with Crippen LogP contribution in [-0.4, -0.2) is 87.5 Å². The molecule has 1 aliphatic heterocycles. The van der Waals surface area contributed by atoms with E-state index in [4.69, 9.17) is 9.47 Å². The summed E-state index contributed by atoms with van der Waals surface area (Å²) in [5.41, 5.74) is 0. The van der Waals surface area contributed by atoms with Crippen molar-refractivity contribution in [3.8, 4) is 0 Å². The molecule has 0 aromatic heterocycles. The van der Waals surface area contributed by atoms with E-state index in [1.807, 2.05) is 6.08 Å². The van der Waals surface area contributed by atoms with Gasteiger partial charge in [0.05, 0.1) is 25.4 Å². The number of carbonyl (C=O) groups excluding carboxylic acids is 1. The average Bonchev–Trinajstić information content (AvgIpc) is 3.33. The van der Waals surface area contributed by atoms with Gasteiger partial charge in [0.2, 0.25) is 5.91 Å². The largest absolute Gasteiger partial charge is 0.394 e. The third-order valence-corrected chi connectivity index (χ3v) is 13.4. The van der Waals surface area contributed by atoms with Crippen molar-refractivity contribution in [3.05, 3.63) is 48.6 Å². The number of aliphatic hydroxyl groups excluding tert-OH is 5. The second-order valence-corrected chi connectivity index (χ2v) is 19.7. The smallest absolute Gasteiger partial charge is 0.220 e. The number of carbonyl (C=O) groups is 1. The van der Waals surface area contributed by atoms with E-state index in [-0.39, 0.29) is 12.5 Å². The summed E-state index contributed by atoms with van der Waals surface area (Å²) in [5, 5.41) is 54.4. The molecule has 392 valence electrons. The highest BCUT2D eigenvalue weighted by Crippen LogP contribution is 2.23. The number of hydrogen-bond acceptors (Lipinski definition) is 8. The van der Waals surface area contributed by atoms with E-state index < -0.39 is 49.5 Å². The molecule has 0 saturated carbocycles. The van der Waals surface area contributed by atoms with E-state index >= 15 is 0 Å². The van der Waals surface area contributed by atoms with Crippen LogP contribution in [-0.2, 0) is 14.3 Å². The first-order valence-corrected chi connectivity index (χ1v) is 28.4.